The number of nitrogens with zero attached hydrogens (tertiary/aromatic N) is 4. The van der Waals surface area contributed by atoms with Crippen molar-refractivity contribution >= 4 is 5.91 Å². The highest BCUT2D eigenvalue weighted by Gasteiger charge is 2.05. The van der Waals surface area contributed by atoms with Gasteiger partial charge in [-0.15, -0.1) is 0 Å². The van der Waals surface area contributed by atoms with Crippen molar-refractivity contribution in [2.24, 2.45) is 0 Å². The maximum atomic E-state index is 12.1. The third-order valence-electron chi connectivity index (χ3n) is 3.33. The van der Waals surface area contributed by atoms with Crippen molar-refractivity contribution in [3.8, 4) is 5.69 Å². The van der Waals surface area contributed by atoms with Gasteiger partial charge in [-0.1, -0.05) is 0 Å². The van der Waals surface area contributed by atoms with E-state index >= 15 is 0 Å². The van der Waals surface area contributed by atoms with Crippen molar-refractivity contribution in [2.75, 3.05) is 6.54 Å². The lowest BCUT2D eigenvalue weighted by molar-refractivity contribution is 0.0952. The van der Waals surface area contributed by atoms with Crippen molar-refractivity contribution in [1.82, 2.24) is 24.6 Å². The van der Waals surface area contributed by atoms with Crippen LogP contribution in [0.15, 0.2) is 55.2 Å². The van der Waals surface area contributed by atoms with Crippen LogP contribution in [0.1, 0.15) is 16.1 Å². The highest BCUT2D eigenvalue weighted by Crippen LogP contribution is 2.09. The first kappa shape index (κ1) is 14.1. The van der Waals surface area contributed by atoms with Gasteiger partial charge in [-0.2, -0.15) is 5.10 Å². The van der Waals surface area contributed by atoms with E-state index in [4.69, 9.17) is 0 Å². The van der Waals surface area contributed by atoms with Crippen molar-refractivity contribution in [3.63, 3.8) is 0 Å². The predicted molar refractivity (Wildman–Crippen MR) is 82.9 cm³/mol. The molecule has 3 rings (SSSR count). The van der Waals surface area contributed by atoms with Crippen LogP contribution < -0.4 is 5.32 Å². The second kappa shape index (κ2) is 6.26. The zero-order chi connectivity index (χ0) is 15.4. The molecule has 0 atom stereocenters. The van der Waals surface area contributed by atoms with Gasteiger partial charge in [0.2, 0.25) is 0 Å². The predicted octanol–water partition coefficient (Wildman–Crippen LogP) is 1.81. The summed E-state index contributed by atoms with van der Waals surface area (Å²) in [6, 6.07) is 9.35. The molecule has 0 unspecified atom stereocenters. The fraction of sp³-hybridized carbons (Fsp3) is 0.188. The molecule has 0 fully saturated rings. The standard InChI is InChI=1S/C16H17N5O/c1-13-6-9-21(19-13)11-8-18-16(22)14-2-4-15(5-3-14)20-10-7-17-12-20/h2-7,9-10,12H,8,11H2,1H3,(H,18,22). The highest BCUT2D eigenvalue weighted by atomic mass is 16.1. The molecule has 0 saturated heterocycles. The van der Waals surface area contributed by atoms with Crippen LogP contribution in [0.4, 0.5) is 0 Å². The van der Waals surface area contributed by atoms with Crippen LogP contribution >= 0.6 is 0 Å². The third-order valence-corrected chi connectivity index (χ3v) is 3.33. The topological polar surface area (TPSA) is 64.7 Å². The lowest BCUT2D eigenvalue weighted by atomic mass is 10.2. The van der Waals surface area contributed by atoms with Gasteiger partial charge in [-0.05, 0) is 37.3 Å². The zero-order valence-corrected chi connectivity index (χ0v) is 12.3. The normalized spacial score (nSPS) is 10.6. The van der Waals surface area contributed by atoms with Gasteiger partial charge in [0.15, 0.2) is 0 Å². The first-order valence-electron chi connectivity index (χ1n) is 7.09. The minimum atomic E-state index is -0.0824. The molecular weight excluding hydrogens is 278 g/mol. The number of amides is 1. The Morgan fingerprint density at radius 1 is 1.18 bits per heavy atom. The van der Waals surface area contributed by atoms with E-state index in [1.54, 1.807) is 12.5 Å². The summed E-state index contributed by atoms with van der Waals surface area (Å²) in [5, 5.41) is 7.17. The van der Waals surface area contributed by atoms with Crippen LogP contribution in [-0.4, -0.2) is 31.8 Å². The summed E-state index contributed by atoms with van der Waals surface area (Å²) in [6.07, 6.45) is 7.21. The monoisotopic (exact) mass is 295 g/mol. The lowest BCUT2D eigenvalue weighted by Gasteiger charge is -2.07. The van der Waals surface area contributed by atoms with Gasteiger partial charge >= 0.3 is 0 Å². The van der Waals surface area contributed by atoms with Gasteiger partial charge in [0.1, 0.15) is 0 Å². The lowest BCUT2D eigenvalue weighted by Crippen LogP contribution is -2.27. The maximum absolute atomic E-state index is 12.1. The van der Waals surface area contributed by atoms with E-state index in [1.165, 1.54) is 0 Å². The van der Waals surface area contributed by atoms with Gasteiger partial charge in [-0.25, -0.2) is 4.98 Å². The molecule has 112 valence electrons. The number of imidazole rings is 1. The summed E-state index contributed by atoms with van der Waals surface area (Å²) in [4.78, 5) is 16.1. The van der Waals surface area contributed by atoms with E-state index in [1.807, 2.05) is 58.9 Å². The SMILES string of the molecule is Cc1ccn(CCNC(=O)c2ccc(-n3ccnc3)cc2)n1. The minimum Gasteiger partial charge on any atom is -0.350 e. The molecule has 0 spiro atoms. The van der Waals surface area contributed by atoms with Crippen molar-refractivity contribution < 1.29 is 4.79 Å². The van der Waals surface area contributed by atoms with E-state index in [-0.39, 0.29) is 5.91 Å². The van der Waals surface area contributed by atoms with Crippen molar-refractivity contribution in [2.45, 2.75) is 13.5 Å². The summed E-state index contributed by atoms with van der Waals surface area (Å²) in [5.74, 6) is -0.0824. The van der Waals surface area contributed by atoms with E-state index in [0.29, 0.717) is 18.7 Å². The molecule has 1 aromatic carbocycles. The van der Waals surface area contributed by atoms with Crippen LogP contribution in [0.2, 0.25) is 0 Å². The highest BCUT2D eigenvalue weighted by molar-refractivity contribution is 5.94. The molecule has 1 amide bonds. The fourth-order valence-electron chi connectivity index (χ4n) is 2.17. The van der Waals surface area contributed by atoms with Gasteiger partial charge in [0.25, 0.3) is 5.91 Å². The molecule has 0 aliphatic carbocycles. The maximum Gasteiger partial charge on any atom is 0.251 e. The Labute approximate surface area is 128 Å². The number of aryl methyl sites for hydroxylation is 1. The number of aromatic nitrogens is 4. The second-order valence-electron chi connectivity index (χ2n) is 4.99. The molecular formula is C16H17N5O. The molecule has 22 heavy (non-hydrogen) atoms. The Bertz CT molecular complexity index is 743. The van der Waals surface area contributed by atoms with Crippen LogP contribution in [0.3, 0.4) is 0 Å². The molecule has 2 aromatic heterocycles. The van der Waals surface area contributed by atoms with Crippen molar-refractivity contribution in [3.05, 3.63) is 66.5 Å². The number of hydrogen-bond donors (Lipinski definition) is 1. The molecule has 3 aromatic rings. The Hall–Kier alpha value is -2.89. The van der Waals surface area contributed by atoms with Gasteiger partial charge in [0, 0.05) is 36.4 Å². The number of hydrogen-bond acceptors (Lipinski definition) is 3. The van der Waals surface area contributed by atoms with E-state index < -0.39 is 0 Å². The Balaban J connectivity index is 1.56. The molecule has 0 saturated carbocycles. The summed E-state index contributed by atoms with van der Waals surface area (Å²) < 4.78 is 3.71. The summed E-state index contributed by atoms with van der Waals surface area (Å²) in [7, 11) is 0. The van der Waals surface area contributed by atoms with Crippen LogP contribution in [0.25, 0.3) is 5.69 Å². The first-order valence-corrected chi connectivity index (χ1v) is 7.09. The first-order chi connectivity index (χ1) is 10.7. The van der Waals surface area contributed by atoms with E-state index in [9.17, 15) is 4.79 Å². The number of carbonyl (C=O) groups excluding carboxylic acids is 1. The Morgan fingerprint density at radius 3 is 2.64 bits per heavy atom. The number of carbonyl (C=O) groups is 1. The van der Waals surface area contributed by atoms with Gasteiger partial charge < -0.3 is 9.88 Å². The second-order valence-corrected chi connectivity index (χ2v) is 4.99. The summed E-state index contributed by atoms with van der Waals surface area (Å²) in [5.41, 5.74) is 2.59. The molecule has 0 aliphatic rings. The molecule has 0 bridgehead atoms. The van der Waals surface area contributed by atoms with E-state index in [0.717, 1.165) is 11.4 Å². The number of nitrogens with one attached hydrogen (secondary N) is 1. The van der Waals surface area contributed by atoms with Crippen LogP contribution in [0, 0.1) is 6.92 Å². The summed E-state index contributed by atoms with van der Waals surface area (Å²) in [6.45, 7) is 3.15. The summed E-state index contributed by atoms with van der Waals surface area (Å²) >= 11 is 0. The molecule has 6 heteroatoms. The minimum absolute atomic E-state index is 0.0824. The molecule has 1 N–H and O–H groups in total. The molecule has 0 aliphatic heterocycles. The van der Waals surface area contributed by atoms with Crippen molar-refractivity contribution in [1.29, 1.82) is 0 Å². The quantitative estimate of drug-likeness (QED) is 0.780. The molecule has 0 radical (unpaired) electrons. The smallest absolute Gasteiger partial charge is 0.251 e. The third kappa shape index (κ3) is 3.22. The molecule has 6 nitrogen and oxygen atoms in total. The number of rotatable bonds is 5. The van der Waals surface area contributed by atoms with Gasteiger partial charge in [-0.3, -0.25) is 9.48 Å². The number of benzene rings is 1. The van der Waals surface area contributed by atoms with Gasteiger partial charge in [0.05, 0.1) is 18.6 Å². The van der Waals surface area contributed by atoms with Crippen LogP contribution in [0.5, 0.6) is 0 Å². The average Bonchev–Trinajstić information content (AvgIpc) is 3.19. The zero-order valence-electron chi connectivity index (χ0n) is 12.3. The Kier molecular flexibility index (Phi) is 4.00. The van der Waals surface area contributed by atoms with Crippen LogP contribution in [-0.2, 0) is 6.54 Å². The average molecular weight is 295 g/mol. The van der Waals surface area contributed by atoms with E-state index in [2.05, 4.69) is 15.4 Å². The molecule has 2 heterocycles. The fourth-order valence-corrected chi connectivity index (χ4v) is 2.17. The largest absolute Gasteiger partial charge is 0.350 e. The Morgan fingerprint density at radius 2 is 2.00 bits per heavy atom.